The van der Waals surface area contributed by atoms with Gasteiger partial charge in [0, 0.05) is 44.7 Å². The SMILES string of the molecule is CC(C)(C)c1ccccc1N1CCN(C(=O)CCC(=O)NS(C)(=O)=O)CC1. The van der Waals surface area contributed by atoms with Crippen LogP contribution in [0.2, 0.25) is 0 Å². The molecule has 2 amide bonds. The third kappa shape index (κ3) is 6.23. The molecule has 0 saturated carbocycles. The van der Waals surface area contributed by atoms with Crippen LogP contribution in [0.25, 0.3) is 0 Å². The maximum absolute atomic E-state index is 12.3. The van der Waals surface area contributed by atoms with Crippen LogP contribution in [0.15, 0.2) is 24.3 Å². The fourth-order valence-corrected chi connectivity index (χ4v) is 3.73. The summed E-state index contributed by atoms with van der Waals surface area (Å²) in [6, 6.07) is 8.34. The topological polar surface area (TPSA) is 86.8 Å². The average molecular weight is 396 g/mol. The number of benzene rings is 1. The van der Waals surface area contributed by atoms with E-state index in [0.717, 1.165) is 19.3 Å². The minimum Gasteiger partial charge on any atom is -0.368 e. The van der Waals surface area contributed by atoms with E-state index < -0.39 is 15.9 Å². The molecule has 1 N–H and O–H groups in total. The van der Waals surface area contributed by atoms with E-state index in [1.807, 2.05) is 16.9 Å². The van der Waals surface area contributed by atoms with E-state index in [2.05, 4.69) is 37.8 Å². The Hall–Kier alpha value is -2.09. The van der Waals surface area contributed by atoms with Crippen molar-refractivity contribution in [3.63, 3.8) is 0 Å². The number of nitrogens with one attached hydrogen (secondary N) is 1. The lowest BCUT2D eigenvalue weighted by Gasteiger charge is -2.38. The molecule has 0 atom stereocenters. The Bertz CT molecular complexity index is 791. The van der Waals surface area contributed by atoms with Gasteiger partial charge in [0.15, 0.2) is 0 Å². The van der Waals surface area contributed by atoms with E-state index in [9.17, 15) is 18.0 Å². The summed E-state index contributed by atoms with van der Waals surface area (Å²) in [5.41, 5.74) is 2.52. The van der Waals surface area contributed by atoms with E-state index in [1.54, 1.807) is 4.90 Å². The van der Waals surface area contributed by atoms with Gasteiger partial charge in [-0.25, -0.2) is 8.42 Å². The Morgan fingerprint density at radius 3 is 2.19 bits per heavy atom. The van der Waals surface area contributed by atoms with Crippen LogP contribution in [0, 0.1) is 0 Å². The zero-order chi connectivity index (χ0) is 20.2. The molecular weight excluding hydrogens is 366 g/mol. The fourth-order valence-electron chi connectivity index (χ4n) is 3.22. The lowest BCUT2D eigenvalue weighted by Crippen LogP contribution is -2.49. The molecule has 7 nitrogen and oxygen atoms in total. The van der Waals surface area contributed by atoms with Gasteiger partial charge in [0.1, 0.15) is 0 Å². The lowest BCUT2D eigenvalue weighted by molar-refractivity contribution is -0.133. The molecular formula is C19H29N3O4S. The molecule has 0 radical (unpaired) electrons. The first-order valence-corrected chi connectivity index (χ1v) is 11.0. The monoisotopic (exact) mass is 395 g/mol. The van der Waals surface area contributed by atoms with Gasteiger partial charge in [0.05, 0.1) is 6.26 Å². The predicted molar refractivity (Wildman–Crippen MR) is 106 cm³/mol. The van der Waals surface area contributed by atoms with E-state index in [0.29, 0.717) is 13.1 Å². The number of nitrogens with zero attached hydrogens (tertiary/aromatic N) is 2. The molecule has 1 heterocycles. The summed E-state index contributed by atoms with van der Waals surface area (Å²) in [6.45, 7) is 9.20. The highest BCUT2D eigenvalue weighted by Gasteiger charge is 2.25. The quantitative estimate of drug-likeness (QED) is 0.816. The molecule has 0 unspecified atom stereocenters. The van der Waals surface area contributed by atoms with Crippen molar-refractivity contribution >= 4 is 27.5 Å². The molecule has 1 saturated heterocycles. The van der Waals surface area contributed by atoms with Gasteiger partial charge in [-0.1, -0.05) is 39.0 Å². The standard InChI is InChI=1S/C19H29N3O4S/c1-19(2,3)15-7-5-6-8-16(15)21-11-13-22(14-12-21)18(24)10-9-17(23)20-27(4,25)26/h5-8H,9-14H2,1-4H3,(H,20,23). The largest absolute Gasteiger partial charge is 0.368 e. The highest BCUT2D eigenvalue weighted by Crippen LogP contribution is 2.32. The van der Waals surface area contributed by atoms with Crippen LogP contribution in [0.4, 0.5) is 5.69 Å². The van der Waals surface area contributed by atoms with Gasteiger partial charge >= 0.3 is 0 Å². The Labute approximate surface area is 161 Å². The summed E-state index contributed by atoms with van der Waals surface area (Å²) in [6.07, 6.45) is 0.806. The summed E-state index contributed by atoms with van der Waals surface area (Å²) in [4.78, 5) is 27.9. The number of hydrogen-bond acceptors (Lipinski definition) is 5. The van der Waals surface area contributed by atoms with Gasteiger partial charge in [-0.3, -0.25) is 14.3 Å². The molecule has 1 aromatic carbocycles. The molecule has 8 heteroatoms. The van der Waals surface area contributed by atoms with Crippen molar-refractivity contribution in [3.05, 3.63) is 29.8 Å². The number of piperazine rings is 1. The van der Waals surface area contributed by atoms with Crippen LogP contribution >= 0.6 is 0 Å². The van der Waals surface area contributed by atoms with Gasteiger partial charge < -0.3 is 9.80 Å². The van der Waals surface area contributed by atoms with E-state index in [-0.39, 0.29) is 24.2 Å². The Balaban J connectivity index is 1.90. The molecule has 1 fully saturated rings. The van der Waals surface area contributed by atoms with Crippen molar-refractivity contribution in [2.24, 2.45) is 0 Å². The summed E-state index contributed by atoms with van der Waals surface area (Å²) in [5.74, 6) is -0.772. The molecule has 0 aliphatic carbocycles. The van der Waals surface area contributed by atoms with Gasteiger partial charge in [-0.05, 0) is 17.0 Å². The number of hydrogen-bond donors (Lipinski definition) is 1. The second-order valence-corrected chi connectivity index (χ2v) is 9.68. The number of anilines is 1. The third-order valence-corrected chi connectivity index (χ3v) is 5.15. The van der Waals surface area contributed by atoms with Crippen LogP contribution in [0.3, 0.4) is 0 Å². The Morgan fingerprint density at radius 2 is 1.63 bits per heavy atom. The van der Waals surface area contributed by atoms with Gasteiger partial charge in [-0.2, -0.15) is 0 Å². The first-order valence-electron chi connectivity index (χ1n) is 9.10. The number of carbonyl (C=O) groups excluding carboxylic acids is 2. The van der Waals surface area contributed by atoms with Crippen LogP contribution in [-0.2, 0) is 25.0 Å². The minimum absolute atomic E-state index is 0.0138. The van der Waals surface area contributed by atoms with Crippen molar-refractivity contribution in [1.29, 1.82) is 0 Å². The first-order chi connectivity index (χ1) is 12.5. The van der Waals surface area contributed by atoms with Crippen molar-refractivity contribution in [2.75, 3.05) is 37.3 Å². The van der Waals surface area contributed by atoms with E-state index in [4.69, 9.17) is 0 Å². The molecule has 1 aliphatic heterocycles. The zero-order valence-electron chi connectivity index (χ0n) is 16.5. The maximum Gasteiger partial charge on any atom is 0.233 e. The predicted octanol–water partition coefficient (Wildman–Crippen LogP) is 1.49. The molecule has 27 heavy (non-hydrogen) atoms. The van der Waals surface area contributed by atoms with Crippen LogP contribution in [0.5, 0.6) is 0 Å². The number of carbonyl (C=O) groups is 2. The molecule has 2 rings (SSSR count). The average Bonchev–Trinajstić information content (AvgIpc) is 2.57. The lowest BCUT2D eigenvalue weighted by atomic mass is 9.85. The number of sulfonamides is 1. The van der Waals surface area contributed by atoms with Gasteiger partial charge in [-0.15, -0.1) is 0 Å². The van der Waals surface area contributed by atoms with Crippen molar-refractivity contribution in [1.82, 2.24) is 9.62 Å². The molecule has 1 aliphatic rings. The van der Waals surface area contributed by atoms with Crippen LogP contribution in [0.1, 0.15) is 39.2 Å². The highest BCUT2D eigenvalue weighted by molar-refractivity contribution is 7.89. The zero-order valence-corrected chi connectivity index (χ0v) is 17.3. The summed E-state index contributed by atoms with van der Waals surface area (Å²) >= 11 is 0. The maximum atomic E-state index is 12.3. The number of para-hydroxylation sites is 1. The van der Waals surface area contributed by atoms with Crippen LogP contribution in [-0.4, -0.2) is 57.6 Å². The summed E-state index contributed by atoms with van der Waals surface area (Å²) in [5, 5.41) is 0. The number of rotatable bonds is 5. The fraction of sp³-hybridized carbons (Fsp3) is 0.579. The Morgan fingerprint density at radius 1 is 1.04 bits per heavy atom. The summed E-state index contributed by atoms with van der Waals surface area (Å²) in [7, 11) is -3.58. The van der Waals surface area contributed by atoms with Crippen molar-refractivity contribution in [3.8, 4) is 0 Å². The van der Waals surface area contributed by atoms with Crippen molar-refractivity contribution in [2.45, 2.75) is 39.0 Å². The smallest absolute Gasteiger partial charge is 0.233 e. The highest BCUT2D eigenvalue weighted by atomic mass is 32.2. The number of amides is 2. The molecule has 0 aromatic heterocycles. The van der Waals surface area contributed by atoms with Crippen LogP contribution < -0.4 is 9.62 Å². The minimum atomic E-state index is -3.58. The first kappa shape index (κ1) is 21.2. The van der Waals surface area contributed by atoms with Gasteiger partial charge in [0.2, 0.25) is 21.8 Å². The second-order valence-electron chi connectivity index (χ2n) is 7.93. The van der Waals surface area contributed by atoms with Gasteiger partial charge in [0.25, 0.3) is 0 Å². The van der Waals surface area contributed by atoms with E-state index in [1.165, 1.54) is 11.3 Å². The molecule has 1 aromatic rings. The molecule has 0 bridgehead atoms. The normalized spacial score (nSPS) is 15.6. The summed E-state index contributed by atoms with van der Waals surface area (Å²) < 4.78 is 23.9. The third-order valence-electron chi connectivity index (χ3n) is 4.55. The molecule has 150 valence electrons. The second kappa shape index (κ2) is 8.29. The Kier molecular flexibility index (Phi) is 6.51. The van der Waals surface area contributed by atoms with Crippen molar-refractivity contribution < 1.29 is 18.0 Å². The van der Waals surface area contributed by atoms with E-state index >= 15 is 0 Å². The molecule has 0 spiro atoms.